The molecule has 4 N–H and O–H groups in total. The van der Waals surface area contributed by atoms with Crippen molar-refractivity contribution in [3.8, 4) is 11.5 Å². The van der Waals surface area contributed by atoms with Crippen molar-refractivity contribution in [2.45, 2.75) is 38.8 Å². The third-order valence-corrected chi connectivity index (χ3v) is 3.38. The Kier molecular flexibility index (Phi) is 4.78. The summed E-state index contributed by atoms with van der Waals surface area (Å²) in [7, 11) is 0. The van der Waals surface area contributed by atoms with Crippen LogP contribution in [0.5, 0.6) is 11.5 Å². The Bertz CT molecular complexity index is 353. The van der Waals surface area contributed by atoms with Crippen LogP contribution in [0.25, 0.3) is 0 Å². The van der Waals surface area contributed by atoms with Gasteiger partial charge < -0.3 is 20.6 Å². The highest BCUT2D eigenvalue weighted by Crippen LogP contribution is 2.23. The van der Waals surface area contributed by atoms with Gasteiger partial charge in [0, 0.05) is 23.7 Å². The van der Waals surface area contributed by atoms with E-state index in [1.807, 2.05) is 13.8 Å². The summed E-state index contributed by atoms with van der Waals surface area (Å²) < 4.78 is 0. The van der Waals surface area contributed by atoms with Gasteiger partial charge in [0.1, 0.15) is 11.5 Å². The lowest BCUT2D eigenvalue weighted by Crippen LogP contribution is -2.47. The van der Waals surface area contributed by atoms with Gasteiger partial charge in [-0.15, -0.1) is 0 Å². The Labute approximate surface area is 102 Å². The van der Waals surface area contributed by atoms with E-state index in [4.69, 9.17) is 0 Å². The summed E-state index contributed by atoms with van der Waals surface area (Å²) in [6.45, 7) is 4.57. The Hall–Kier alpha value is -1.26. The Morgan fingerprint density at radius 2 is 1.82 bits per heavy atom. The molecule has 0 aliphatic carbocycles. The number of aliphatic hydroxyl groups is 1. The number of nitrogens with one attached hydrogen (secondary N) is 1. The zero-order valence-electron chi connectivity index (χ0n) is 10.4. The molecule has 0 amide bonds. The second kappa shape index (κ2) is 5.89. The van der Waals surface area contributed by atoms with Gasteiger partial charge in [0.25, 0.3) is 0 Å². The maximum absolute atomic E-state index is 9.64. The van der Waals surface area contributed by atoms with Crippen molar-refractivity contribution in [2.75, 3.05) is 6.61 Å². The van der Waals surface area contributed by atoms with Crippen molar-refractivity contribution < 1.29 is 15.3 Å². The zero-order valence-corrected chi connectivity index (χ0v) is 10.4. The van der Waals surface area contributed by atoms with Crippen molar-refractivity contribution >= 4 is 0 Å². The van der Waals surface area contributed by atoms with Crippen LogP contribution in [0.4, 0.5) is 0 Å². The first-order valence-electron chi connectivity index (χ1n) is 5.93. The summed E-state index contributed by atoms with van der Waals surface area (Å²) in [5.41, 5.74) is 0.409. The van der Waals surface area contributed by atoms with Crippen molar-refractivity contribution in [1.82, 2.24) is 5.32 Å². The van der Waals surface area contributed by atoms with Crippen LogP contribution in [0.3, 0.4) is 0 Å². The third-order valence-electron chi connectivity index (χ3n) is 3.38. The lowest BCUT2D eigenvalue weighted by molar-refractivity contribution is 0.149. The number of phenols is 2. The van der Waals surface area contributed by atoms with Crippen LogP contribution < -0.4 is 5.32 Å². The van der Waals surface area contributed by atoms with Crippen LogP contribution in [0, 0.1) is 0 Å². The van der Waals surface area contributed by atoms with Gasteiger partial charge in [-0.1, -0.05) is 19.9 Å². The molecule has 1 aromatic rings. The van der Waals surface area contributed by atoms with Gasteiger partial charge in [-0.25, -0.2) is 0 Å². The molecule has 0 fully saturated rings. The van der Waals surface area contributed by atoms with E-state index in [1.165, 1.54) is 12.1 Å². The first-order chi connectivity index (χ1) is 8.06. The highest BCUT2D eigenvalue weighted by molar-refractivity contribution is 5.38. The molecule has 1 rings (SSSR count). The molecule has 0 radical (unpaired) electrons. The molecule has 4 heteroatoms. The van der Waals surface area contributed by atoms with E-state index in [-0.39, 0.29) is 23.6 Å². The third kappa shape index (κ3) is 3.35. The predicted octanol–water partition coefficient (Wildman–Crippen LogP) is 1.74. The summed E-state index contributed by atoms with van der Waals surface area (Å²) in [6.07, 6.45) is 1.64. The largest absolute Gasteiger partial charge is 0.508 e. The fourth-order valence-corrected chi connectivity index (χ4v) is 1.76. The highest BCUT2D eigenvalue weighted by Gasteiger charge is 2.24. The van der Waals surface area contributed by atoms with Crippen LogP contribution in [-0.2, 0) is 6.54 Å². The molecule has 0 aliphatic heterocycles. The standard InChI is InChI=1S/C13H21NO3/c1-3-13(4-2,9-15)14-8-10-5-6-11(16)7-12(10)17/h5-7,14-17H,3-4,8-9H2,1-2H3. The maximum Gasteiger partial charge on any atom is 0.123 e. The van der Waals surface area contributed by atoms with Crippen LogP contribution in [0.2, 0.25) is 0 Å². The lowest BCUT2D eigenvalue weighted by Gasteiger charge is -2.31. The van der Waals surface area contributed by atoms with Gasteiger partial charge in [0.15, 0.2) is 0 Å². The fraction of sp³-hybridized carbons (Fsp3) is 0.538. The molecule has 96 valence electrons. The maximum atomic E-state index is 9.64. The fourth-order valence-electron chi connectivity index (χ4n) is 1.76. The van der Waals surface area contributed by atoms with E-state index in [2.05, 4.69) is 5.32 Å². The van der Waals surface area contributed by atoms with E-state index in [0.717, 1.165) is 12.8 Å². The molecule has 0 atom stereocenters. The predicted molar refractivity (Wildman–Crippen MR) is 67.0 cm³/mol. The quantitative estimate of drug-likeness (QED) is 0.610. The van der Waals surface area contributed by atoms with Crippen LogP contribution >= 0.6 is 0 Å². The second-order valence-corrected chi connectivity index (χ2v) is 4.31. The van der Waals surface area contributed by atoms with E-state index in [1.54, 1.807) is 6.07 Å². The van der Waals surface area contributed by atoms with Gasteiger partial charge in [0.05, 0.1) is 6.61 Å². The molecule has 0 bridgehead atoms. The molecule has 0 aliphatic rings. The first-order valence-corrected chi connectivity index (χ1v) is 5.93. The van der Waals surface area contributed by atoms with Crippen molar-refractivity contribution in [1.29, 1.82) is 0 Å². The second-order valence-electron chi connectivity index (χ2n) is 4.31. The average molecular weight is 239 g/mol. The monoisotopic (exact) mass is 239 g/mol. The molecule has 4 nitrogen and oxygen atoms in total. The minimum absolute atomic E-state index is 0.0469. The van der Waals surface area contributed by atoms with Crippen molar-refractivity contribution in [3.05, 3.63) is 23.8 Å². The number of phenolic OH excluding ortho intramolecular Hbond substituents is 2. The Balaban J connectivity index is 2.72. The van der Waals surface area contributed by atoms with E-state index >= 15 is 0 Å². The molecular formula is C13H21NO3. The number of aliphatic hydroxyl groups excluding tert-OH is 1. The molecule has 0 heterocycles. The summed E-state index contributed by atoms with van der Waals surface area (Å²) in [5.74, 6) is 0.113. The van der Waals surface area contributed by atoms with Crippen molar-refractivity contribution in [2.24, 2.45) is 0 Å². The van der Waals surface area contributed by atoms with Gasteiger partial charge in [-0.3, -0.25) is 0 Å². The first kappa shape index (κ1) is 13.8. The summed E-state index contributed by atoms with van der Waals surface area (Å²) >= 11 is 0. The molecule has 0 unspecified atom stereocenters. The minimum Gasteiger partial charge on any atom is -0.508 e. The number of aromatic hydroxyl groups is 2. The van der Waals surface area contributed by atoms with Gasteiger partial charge in [-0.05, 0) is 18.9 Å². The van der Waals surface area contributed by atoms with E-state index < -0.39 is 0 Å². The SMILES string of the molecule is CCC(CC)(CO)NCc1ccc(O)cc1O. The van der Waals surface area contributed by atoms with Gasteiger partial charge >= 0.3 is 0 Å². The normalized spacial score (nSPS) is 11.7. The molecule has 0 spiro atoms. The topological polar surface area (TPSA) is 72.7 Å². The minimum atomic E-state index is -0.301. The molecule has 0 aromatic heterocycles. The van der Waals surface area contributed by atoms with E-state index in [0.29, 0.717) is 12.1 Å². The van der Waals surface area contributed by atoms with Crippen LogP contribution in [0.15, 0.2) is 18.2 Å². The average Bonchev–Trinajstić information content (AvgIpc) is 2.33. The zero-order chi connectivity index (χ0) is 12.9. The smallest absolute Gasteiger partial charge is 0.123 e. The number of rotatable bonds is 6. The summed E-state index contributed by atoms with van der Waals surface area (Å²) in [5, 5.41) is 31.5. The molecule has 0 saturated heterocycles. The molecule has 1 aromatic carbocycles. The van der Waals surface area contributed by atoms with Gasteiger partial charge in [-0.2, -0.15) is 0 Å². The Morgan fingerprint density at radius 3 is 2.29 bits per heavy atom. The number of hydrogen-bond acceptors (Lipinski definition) is 4. The lowest BCUT2D eigenvalue weighted by atomic mass is 9.93. The highest BCUT2D eigenvalue weighted by atomic mass is 16.3. The number of benzene rings is 1. The van der Waals surface area contributed by atoms with E-state index in [9.17, 15) is 15.3 Å². The van der Waals surface area contributed by atoms with Crippen molar-refractivity contribution in [3.63, 3.8) is 0 Å². The molecular weight excluding hydrogens is 218 g/mol. The summed E-state index contributed by atoms with van der Waals surface area (Å²) in [4.78, 5) is 0. The van der Waals surface area contributed by atoms with Crippen LogP contribution in [-0.4, -0.2) is 27.5 Å². The molecule has 0 saturated carbocycles. The number of hydrogen-bond donors (Lipinski definition) is 4. The summed E-state index contributed by atoms with van der Waals surface area (Å²) in [6, 6.07) is 4.52. The van der Waals surface area contributed by atoms with Gasteiger partial charge in [0.2, 0.25) is 0 Å². The molecule has 17 heavy (non-hydrogen) atoms. The Morgan fingerprint density at radius 1 is 1.18 bits per heavy atom. The van der Waals surface area contributed by atoms with Crippen LogP contribution in [0.1, 0.15) is 32.3 Å².